The van der Waals surface area contributed by atoms with Crippen molar-refractivity contribution in [2.24, 2.45) is 5.92 Å². The SMILES string of the molecule is [CH2]C(COC(=O)CCCN(CC)CC)COC(=O)CCC(OCCCCCCCC)OCCCCCCCC. The summed E-state index contributed by atoms with van der Waals surface area (Å²) in [6, 6.07) is 0. The second-order valence-electron chi connectivity index (χ2n) is 10.6. The Morgan fingerprint density at radius 2 is 1.10 bits per heavy atom. The molecule has 0 amide bonds. The molecule has 0 spiro atoms. The first-order valence-corrected chi connectivity index (χ1v) is 16.1. The van der Waals surface area contributed by atoms with E-state index >= 15 is 0 Å². The van der Waals surface area contributed by atoms with Crippen molar-refractivity contribution in [3.05, 3.63) is 6.92 Å². The summed E-state index contributed by atoms with van der Waals surface area (Å²) in [6.07, 6.45) is 16.0. The van der Waals surface area contributed by atoms with Crippen LogP contribution < -0.4 is 0 Å². The molecule has 0 aliphatic carbocycles. The highest BCUT2D eigenvalue weighted by Crippen LogP contribution is 2.12. The van der Waals surface area contributed by atoms with Gasteiger partial charge in [0.1, 0.15) is 0 Å². The maximum atomic E-state index is 12.3. The van der Waals surface area contributed by atoms with Crippen LogP contribution in [0.3, 0.4) is 0 Å². The molecule has 7 heteroatoms. The Hall–Kier alpha value is -1.18. The average molecular weight is 557 g/mol. The molecule has 1 atom stereocenters. The zero-order valence-corrected chi connectivity index (χ0v) is 26.0. The number of carbonyl (C=O) groups is 2. The van der Waals surface area contributed by atoms with Crippen molar-refractivity contribution in [1.82, 2.24) is 4.90 Å². The Morgan fingerprint density at radius 3 is 1.59 bits per heavy atom. The smallest absolute Gasteiger partial charge is 0.305 e. The van der Waals surface area contributed by atoms with Gasteiger partial charge in [-0.25, -0.2) is 0 Å². The molecule has 1 radical (unpaired) electrons. The lowest BCUT2D eigenvalue weighted by molar-refractivity contribution is -0.160. The molecule has 0 fully saturated rings. The van der Waals surface area contributed by atoms with Gasteiger partial charge in [-0.3, -0.25) is 9.59 Å². The molecule has 0 aromatic heterocycles. The van der Waals surface area contributed by atoms with Crippen molar-refractivity contribution in [3.63, 3.8) is 0 Å². The lowest BCUT2D eigenvalue weighted by Crippen LogP contribution is -2.25. The molecule has 0 aromatic rings. The Morgan fingerprint density at radius 1 is 0.641 bits per heavy atom. The van der Waals surface area contributed by atoms with Crippen molar-refractivity contribution in [3.8, 4) is 0 Å². The molecule has 0 N–H and O–H groups in total. The molecule has 0 aromatic carbocycles. The first-order chi connectivity index (χ1) is 19.0. The van der Waals surface area contributed by atoms with Gasteiger partial charge in [0.05, 0.1) is 19.6 Å². The lowest BCUT2D eigenvalue weighted by Gasteiger charge is -2.19. The largest absolute Gasteiger partial charge is 0.465 e. The molecule has 0 heterocycles. The van der Waals surface area contributed by atoms with Gasteiger partial charge in [0.25, 0.3) is 0 Å². The second kappa shape index (κ2) is 28.4. The van der Waals surface area contributed by atoms with Crippen LogP contribution in [0, 0.1) is 12.8 Å². The molecule has 0 rings (SSSR count). The highest BCUT2D eigenvalue weighted by molar-refractivity contribution is 5.69. The van der Waals surface area contributed by atoms with Crippen molar-refractivity contribution in [2.45, 2.75) is 137 Å². The highest BCUT2D eigenvalue weighted by atomic mass is 16.7. The van der Waals surface area contributed by atoms with E-state index < -0.39 is 0 Å². The molecule has 0 aliphatic heterocycles. The maximum Gasteiger partial charge on any atom is 0.305 e. The molecule has 1 unspecified atom stereocenters. The van der Waals surface area contributed by atoms with Gasteiger partial charge in [0, 0.05) is 32.0 Å². The van der Waals surface area contributed by atoms with Gasteiger partial charge in [0.2, 0.25) is 0 Å². The van der Waals surface area contributed by atoms with Gasteiger partial charge < -0.3 is 23.8 Å². The topological polar surface area (TPSA) is 74.3 Å². The van der Waals surface area contributed by atoms with Crippen LogP contribution >= 0.6 is 0 Å². The Labute approximate surface area is 241 Å². The number of carbonyl (C=O) groups excluding carboxylic acids is 2. The number of ether oxygens (including phenoxy) is 4. The first-order valence-electron chi connectivity index (χ1n) is 16.1. The number of hydrogen-bond donors (Lipinski definition) is 0. The molecule has 7 nitrogen and oxygen atoms in total. The summed E-state index contributed by atoms with van der Waals surface area (Å²) in [5.41, 5.74) is 0. The average Bonchev–Trinajstić information content (AvgIpc) is 2.94. The van der Waals surface area contributed by atoms with Crippen molar-refractivity contribution in [1.29, 1.82) is 0 Å². The molecular weight excluding hydrogens is 494 g/mol. The molecule has 0 aliphatic rings. The molecule has 39 heavy (non-hydrogen) atoms. The molecule has 0 bridgehead atoms. The molecule has 0 saturated heterocycles. The summed E-state index contributed by atoms with van der Waals surface area (Å²) in [4.78, 5) is 26.6. The van der Waals surface area contributed by atoms with E-state index in [1.165, 1.54) is 51.4 Å². The Balaban J connectivity index is 4.20. The summed E-state index contributed by atoms with van der Waals surface area (Å²) in [6.45, 7) is 17.1. The fraction of sp³-hybridized carbons (Fsp3) is 0.906. The second-order valence-corrected chi connectivity index (χ2v) is 10.6. The third-order valence-electron chi connectivity index (χ3n) is 6.90. The van der Waals surface area contributed by atoms with Gasteiger partial charge >= 0.3 is 11.9 Å². The summed E-state index contributed by atoms with van der Waals surface area (Å²) < 4.78 is 22.7. The standard InChI is InChI=1S/C32H62NO6/c1-6-10-12-14-16-18-25-36-32(37-26-19-17-15-13-11-7-2)23-22-31(35)39-28-29(5)27-38-30(34)21-20-24-33(8-3)9-4/h29,32H,5-28H2,1-4H3. The van der Waals surface area contributed by atoms with E-state index in [9.17, 15) is 9.59 Å². The van der Waals surface area contributed by atoms with Crippen LogP contribution in [0.25, 0.3) is 0 Å². The van der Waals surface area contributed by atoms with Gasteiger partial charge in [-0.2, -0.15) is 0 Å². The van der Waals surface area contributed by atoms with E-state index in [1.54, 1.807) is 0 Å². The maximum absolute atomic E-state index is 12.3. The van der Waals surface area contributed by atoms with Crippen LogP contribution in [0.1, 0.15) is 130 Å². The number of hydrogen-bond acceptors (Lipinski definition) is 7. The minimum absolute atomic E-state index is 0.132. The normalized spacial score (nSPS) is 12.3. The number of rotatable bonds is 29. The number of nitrogens with zero attached hydrogens (tertiary/aromatic N) is 1. The fourth-order valence-electron chi connectivity index (χ4n) is 4.25. The van der Waals surface area contributed by atoms with Gasteiger partial charge in [-0.15, -0.1) is 0 Å². The van der Waals surface area contributed by atoms with E-state index in [-0.39, 0.29) is 43.8 Å². The van der Waals surface area contributed by atoms with E-state index in [1.807, 2.05) is 0 Å². The lowest BCUT2D eigenvalue weighted by atomic mass is 10.1. The van der Waals surface area contributed by atoms with Gasteiger partial charge in [0.15, 0.2) is 6.29 Å². The summed E-state index contributed by atoms with van der Waals surface area (Å²) in [7, 11) is 0. The van der Waals surface area contributed by atoms with Crippen molar-refractivity contribution < 1.29 is 28.5 Å². The van der Waals surface area contributed by atoms with Crippen molar-refractivity contribution in [2.75, 3.05) is 46.1 Å². The quantitative estimate of drug-likeness (QED) is 0.0536. The summed E-state index contributed by atoms with van der Waals surface area (Å²) in [5, 5.41) is 0. The van der Waals surface area contributed by atoms with E-state index in [2.05, 4.69) is 39.5 Å². The number of esters is 2. The molecular formula is C32H62NO6. The Bertz CT molecular complexity index is 537. The molecule has 231 valence electrons. The summed E-state index contributed by atoms with van der Waals surface area (Å²) >= 11 is 0. The first kappa shape index (κ1) is 37.8. The van der Waals surface area contributed by atoms with Gasteiger partial charge in [-0.05, 0) is 45.8 Å². The zero-order valence-electron chi connectivity index (χ0n) is 26.0. The number of unbranched alkanes of at least 4 members (excludes halogenated alkanes) is 10. The van der Waals surface area contributed by atoms with Crippen LogP contribution in [-0.4, -0.2) is 69.2 Å². The van der Waals surface area contributed by atoms with Crippen LogP contribution in [0.15, 0.2) is 0 Å². The van der Waals surface area contributed by atoms with E-state index in [0.29, 0.717) is 26.1 Å². The van der Waals surface area contributed by atoms with Crippen molar-refractivity contribution >= 4 is 11.9 Å². The molecule has 0 saturated carbocycles. The Kier molecular flexibility index (Phi) is 27.5. The minimum Gasteiger partial charge on any atom is -0.465 e. The predicted octanol–water partition coefficient (Wildman–Crippen LogP) is 7.51. The van der Waals surface area contributed by atoms with E-state index in [0.717, 1.165) is 51.7 Å². The van der Waals surface area contributed by atoms with Crippen LogP contribution in [0.2, 0.25) is 0 Å². The predicted molar refractivity (Wildman–Crippen MR) is 159 cm³/mol. The fourth-order valence-corrected chi connectivity index (χ4v) is 4.25. The van der Waals surface area contributed by atoms with Crippen LogP contribution in [0.4, 0.5) is 0 Å². The minimum atomic E-state index is -0.378. The van der Waals surface area contributed by atoms with Crippen LogP contribution in [-0.2, 0) is 28.5 Å². The monoisotopic (exact) mass is 556 g/mol. The van der Waals surface area contributed by atoms with E-state index in [4.69, 9.17) is 18.9 Å². The summed E-state index contributed by atoms with van der Waals surface area (Å²) in [5.74, 6) is -0.815. The zero-order chi connectivity index (χ0) is 29.0. The van der Waals surface area contributed by atoms with Gasteiger partial charge in [-0.1, -0.05) is 91.9 Å². The van der Waals surface area contributed by atoms with Crippen LogP contribution in [0.5, 0.6) is 0 Å². The third-order valence-corrected chi connectivity index (χ3v) is 6.90. The highest BCUT2D eigenvalue weighted by Gasteiger charge is 2.15. The third kappa shape index (κ3) is 25.5.